The van der Waals surface area contributed by atoms with Crippen molar-refractivity contribution in [3.8, 4) is 0 Å². The molecule has 0 bridgehead atoms. The fourth-order valence-corrected chi connectivity index (χ4v) is 7.28. The van der Waals surface area contributed by atoms with E-state index in [1.165, 1.54) is 5.57 Å². The summed E-state index contributed by atoms with van der Waals surface area (Å²) in [6.45, 7) is 8.44. The average molecular weight is 465 g/mol. The summed E-state index contributed by atoms with van der Waals surface area (Å²) in [6.07, 6.45) is 5.74. The van der Waals surface area contributed by atoms with Gasteiger partial charge < -0.3 is 20.4 Å². The van der Waals surface area contributed by atoms with Crippen LogP contribution >= 0.6 is 0 Å². The Bertz CT molecular complexity index is 855. The number of hydrogen-bond acceptors (Lipinski definition) is 6. The molecule has 4 N–H and O–H groups in total. The van der Waals surface area contributed by atoms with Gasteiger partial charge in [-0.2, -0.15) is 0 Å². The number of hydrogen-bond donors (Lipinski definition) is 4. The van der Waals surface area contributed by atoms with Gasteiger partial charge in [0.05, 0.1) is 11.5 Å². The number of aliphatic hydroxyl groups excluding tert-OH is 2. The second-order valence-corrected chi connectivity index (χ2v) is 12.1. The molecule has 33 heavy (non-hydrogen) atoms. The lowest BCUT2D eigenvalue weighted by Gasteiger charge is -2.60. The SMILES string of the molecule is CC(C)(C)C(=O)O.C[C@]12CCC(=O)C=C1CC[C@@H]1[C@@H]2[C@@H](O)C[C@@]2(C)[C@H]1CC[C@]2(O)C(=O)CO. The van der Waals surface area contributed by atoms with Gasteiger partial charge in [0.15, 0.2) is 11.6 Å². The second kappa shape index (κ2) is 8.58. The van der Waals surface area contributed by atoms with Crippen LogP contribution in [0.1, 0.15) is 79.6 Å². The van der Waals surface area contributed by atoms with E-state index in [2.05, 4.69) is 6.92 Å². The minimum Gasteiger partial charge on any atom is -0.481 e. The smallest absolute Gasteiger partial charge is 0.308 e. The van der Waals surface area contributed by atoms with Gasteiger partial charge in [0.25, 0.3) is 0 Å². The molecular weight excluding hydrogens is 424 g/mol. The summed E-state index contributed by atoms with van der Waals surface area (Å²) in [4.78, 5) is 34.3. The number of Topliss-reactive ketones (excluding diaryl/α,β-unsaturated/α-hetero) is 1. The molecule has 4 rings (SSSR count). The van der Waals surface area contributed by atoms with Crippen LogP contribution in [-0.4, -0.2) is 56.3 Å². The normalized spacial score (nSPS) is 42.2. The van der Waals surface area contributed by atoms with E-state index in [1.54, 1.807) is 26.8 Å². The Labute approximate surface area is 196 Å². The van der Waals surface area contributed by atoms with E-state index in [1.807, 2.05) is 6.92 Å². The number of allylic oxidation sites excluding steroid dienone is 1. The zero-order valence-electron chi connectivity index (χ0n) is 20.6. The summed E-state index contributed by atoms with van der Waals surface area (Å²) in [7, 11) is 0. The van der Waals surface area contributed by atoms with Gasteiger partial charge in [-0.25, -0.2) is 0 Å². The first-order chi connectivity index (χ1) is 15.1. The van der Waals surface area contributed by atoms with Gasteiger partial charge in [0.1, 0.15) is 12.2 Å². The van der Waals surface area contributed by atoms with Crippen LogP contribution in [0, 0.1) is 34.0 Å². The molecule has 0 aromatic heterocycles. The Kier molecular flexibility index (Phi) is 6.77. The van der Waals surface area contributed by atoms with E-state index in [0.29, 0.717) is 19.3 Å². The fraction of sp³-hybridized carbons (Fsp3) is 0.808. The minimum absolute atomic E-state index is 0.0697. The van der Waals surface area contributed by atoms with Gasteiger partial charge in [-0.15, -0.1) is 0 Å². The Hall–Kier alpha value is -1.57. The number of carboxylic acid groups (broad SMARTS) is 1. The first-order valence-electron chi connectivity index (χ1n) is 12.1. The molecule has 7 atom stereocenters. The van der Waals surface area contributed by atoms with Crippen LogP contribution in [0.5, 0.6) is 0 Å². The average Bonchev–Trinajstić information content (AvgIpc) is 2.99. The lowest BCUT2D eigenvalue weighted by atomic mass is 9.45. The Morgan fingerprint density at radius 3 is 2.27 bits per heavy atom. The van der Waals surface area contributed by atoms with Crippen molar-refractivity contribution in [1.29, 1.82) is 0 Å². The minimum atomic E-state index is -1.54. The molecule has 0 aliphatic heterocycles. The van der Waals surface area contributed by atoms with Gasteiger partial charge in [0, 0.05) is 11.8 Å². The van der Waals surface area contributed by atoms with Gasteiger partial charge in [0.2, 0.25) is 0 Å². The van der Waals surface area contributed by atoms with E-state index < -0.39 is 40.9 Å². The number of carbonyl (C=O) groups is 3. The van der Waals surface area contributed by atoms with Crippen LogP contribution in [0.2, 0.25) is 0 Å². The standard InChI is InChI=1S/C21H30O5.C5H10O2/c1-19-7-5-13(23)9-12(19)3-4-14-15-6-8-21(26,17(25)11-22)20(15,2)10-16(24)18(14)19;1-5(2,3)4(6)7/h9,14-16,18,22,24,26H,3-8,10-11H2,1-2H3;1-3H3,(H,6,7)/t14-,15-,16-,18+,19-,20-,21-;/m0./s1. The van der Waals surface area contributed by atoms with Gasteiger partial charge in [-0.1, -0.05) is 19.4 Å². The predicted molar refractivity (Wildman–Crippen MR) is 122 cm³/mol. The van der Waals surface area contributed by atoms with Crippen LogP contribution in [-0.2, 0) is 14.4 Å². The predicted octanol–water partition coefficient (Wildman–Crippen LogP) is 2.90. The second-order valence-electron chi connectivity index (χ2n) is 12.1. The monoisotopic (exact) mass is 464 g/mol. The molecule has 0 aromatic carbocycles. The van der Waals surface area contributed by atoms with Crippen LogP contribution in [0.3, 0.4) is 0 Å². The molecule has 7 nitrogen and oxygen atoms in total. The van der Waals surface area contributed by atoms with Crippen LogP contribution in [0.4, 0.5) is 0 Å². The van der Waals surface area contributed by atoms with Gasteiger partial charge in [-0.05, 0) is 88.5 Å². The molecule has 4 aliphatic rings. The summed E-state index contributed by atoms with van der Waals surface area (Å²) in [6, 6.07) is 0. The molecule has 186 valence electrons. The molecule has 7 heteroatoms. The van der Waals surface area contributed by atoms with Crippen molar-refractivity contribution >= 4 is 17.5 Å². The number of rotatable bonds is 2. The maximum atomic E-state index is 12.4. The third-order valence-electron chi connectivity index (χ3n) is 9.29. The van der Waals surface area contributed by atoms with Crippen LogP contribution in [0.25, 0.3) is 0 Å². The summed E-state index contributed by atoms with van der Waals surface area (Å²) >= 11 is 0. The molecule has 4 aliphatic carbocycles. The van der Waals surface area contributed by atoms with E-state index in [9.17, 15) is 29.7 Å². The zero-order chi connectivity index (χ0) is 25.0. The highest BCUT2D eigenvalue weighted by atomic mass is 16.4. The maximum absolute atomic E-state index is 12.4. The Balaban J connectivity index is 0.000000383. The highest BCUT2D eigenvalue weighted by molar-refractivity contribution is 5.91. The lowest BCUT2D eigenvalue weighted by molar-refractivity contribution is -0.182. The van der Waals surface area contributed by atoms with E-state index in [-0.39, 0.29) is 29.0 Å². The lowest BCUT2D eigenvalue weighted by Crippen LogP contribution is -2.62. The molecule has 0 aromatic rings. The van der Waals surface area contributed by atoms with Crippen LogP contribution < -0.4 is 0 Å². The van der Waals surface area contributed by atoms with Crippen molar-refractivity contribution in [3.05, 3.63) is 11.6 Å². The van der Waals surface area contributed by atoms with E-state index in [0.717, 1.165) is 25.7 Å². The third-order valence-corrected chi connectivity index (χ3v) is 9.29. The van der Waals surface area contributed by atoms with Crippen molar-refractivity contribution in [2.45, 2.75) is 91.3 Å². The van der Waals surface area contributed by atoms with Gasteiger partial charge >= 0.3 is 5.97 Å². The highest BCUT2D eigenvalue weighted by Gasteiger charge is 2.68. The van der Waals surface area contributed by atoms with Crippen molar-refractivity contribution in [1.82, 2.24) is 0 Å². The van der Waals surface area contributed by atoms with Crippen LogP contribution in [0.15, 0.2) is 11.6 Å². The summed E-state index contributed by atoms with van der Waals surface area (Å²) in [5, 5.41) is 40.0. The summed E-state index contributed by atoms with van der Waals surface area (Å²) in [5.41, 5.74) is -1.82. The van der Waals surface area contributed by atoms with E-state index in [4.69, 9.17) is 5.11 Å². The zero-order valence-corrected chi connectivity index (χ0v) is 20.6. The van der Waals surface area contributed by atoms with Crippen molar-refractivity contribution in [2.75, 3.05) is 6.61 Å². The Morgan fingerprint density at radius 1 is 1.12 bits per heavy atom. The largest absolute Gasteiger partial charge is 0.481 e. The number of carbonyl (C=O) groups excluding carboxylic acids is 2. The molecule has 0 radical (unpaired) electrons. The molecule has 0 amide bonds. The molecule has 3 fully saturated rings. The molecular formula is C26H40O7. The summed E-state index contributed by atoms with van der Waals surface area (Å²) < 4.78 is 0. The van der Waals surface area contributed by atoms with Crippen molar-refractivity contribution in [3.63, 3.8) is 0 Å². The number of carboxylic acids is 1. The maximum Gasteiger partial charge on any atom is 0.308 e. The topological polar surface area (TPSA) is 132 Å². The van der Waals surface area contributed by atoms with Crippen molar-refractivity contribution in [2.24, 2.45) is 34.0 Å². The van der Waals surface area contributed by atoms with E-state index >= 15 is 0 Å². The van der Waals surface area contributed by atoms with Crippen molar-refractivity contribution < 1.29 is 34.8 Å². The molecule has 0 spiro atoms. The first kappa shape index (κ1) is 26.0. The third kappa shape index (κ3) is 4.10. The fourth-order valence-electron chi connectivity index (χ4n) is 7.28. The summed E-state index contributed by atoms with van der Waals surface area (Å²) in [5.74, 6) is -0.617. The number of ketones is 2. The Morgan fingerprint density at radius 2 is 1.73 bits per heavy atom. The highest BCUT2D eigenvalue weighted by Crippen LogP contribution is 2.67. The quantitative estimate of drug-likeness (QED) is 0.494. The number of aliphatic hydroxyl groups is 3. The van der Waals surface area contributed by atoms with Gasteiger partial charge in [-0.3, -0.25) is 14.4 Å². The molecule has 0 heterocycles. The molecule has 3 saturated carbocycles. The molecule has 0 unspecified atom stereocenters. The number of aliphatic carboxylic acids is 1. The number of fused-ring (bicyclic) bond motifs is 5. The molecule has 0 saturated heterocycles. The first-order valence-corrected chi connectivity index (χ1v) is 12.1.